The lowest BCUT2D eigenvalue weighted by Crippen LogP contribution is -2.07. The highest BCUT2D eigenvalue weighted by atomic mass is 16.5. The average Bonchev–Trinajstić information content (AvgIpc) is 2.64. The maximum atomic E-state index is 12.4. The van der Waals surface area contributed by atoms with Gasteiger partial charge in [0.05, 0.1) is 25.3 Å². The second-order valence-electron chi connectivity index (χ2n) is 5.29. The lowest BCUT2D eigenvalue weighted by Gasteiger charge is -2.10. The van der Waals surface area contributed by atoms with Gasteiger partial charge >= 0.3 is 5.97 Å². The van der Waals surface area contributed by atoms with Crippen molar-refractivity contribution in [2.45, 2.75) is 0 Å². The molecule has 0 saturated heterocycles. The first-order valence-corrected chi connectivity index (χ1v) is 7.39. The summed E-state index contributed by atoms with van der Waals surface area (Å²) in [5.74, 6) is -5.53. The Morgan fingerprint density at radius 1 is 0.889 bits per heavy atom. The van der Waals surface area contributed by atoms with Gasteiger partial charge in [0.25, 0.3) is 0 Å². The molecule has 0 aliphatic rings. The number of aromatic hydroxyl groups is 4. The maximum Gasteiger partial charge on any atom is 0.336 e. The molecule has 27 heavy (non-hydrogen) atoms. The Morgan fingerprint density at radius 3 is 1.93 bits per heavy atom. The quantitative estimate of drug-likeness (QED) is 0.290. The number of carbonyl (C=O) groups is 2. The Hall–Kier alpha value is -3.88. The van der Waals surface area contributed by atoms with Crippen molar-refractivity contribution in [2.75, 3.05) is 14.2 Å². The maximum absolute atomic E-state index is 12.4. The van der Waals surface area contributed by atoms with Crippen molar-refractivity contribution < 1.29 is 44.6 Å². The molecule has 0 fully saturated rings. The number of methoxy groups -OCH3 is 2. The summed E-state index contributed by atoms with van der Waals surface area (Å²) in [6.45, 7) is 0. The molecule has 2 aromatic carbocycles. The van der Waals surface area contributed by atoms with E-state index < -0.39 is 40.1 Å². The molecule has 0 saturated carbocycles. The molecule has 0 radical (unpaired) electrons. The van der Waals surface area contributed by atoms with Crippen LogP contribution in [0.4, 0.5) is 0 Å². The molecule has 0 heterocycles. The first-order chi connectivity index (χ1) is 12.7. The number of aromatic carboxylic acids is 1. The monoisotopic (exact) mass is 376 g/mol. The minimum atomic E-state index is -1.58. The second kappa shape index (κ2) is 7.56. The number of ether oxygens (including phenoxy) is 2. The molecule has 5 N–H and O–H groups in total. The van der Waals surface area contributed by atoms with Crippen LogP contribution in [0.25, 0.3) is 6.08 Å². The fourth-order valence-electron chi connectivity index (χ4n) is 2.33. The molecular weight excluding hydrogens is 360 g/mol. The summed E-state index contributed by atoms with van der Waals surface area (Å²) in [4.78, 5) is 23.7. The van der Waals surface area contributed by atoms with Crippen molar-refractivity contribution in [3.8, 4) is 34.5 Å². The first kappa shape index (κ1) is 19.4. The summed E-state index contributed by atoms with van der Waals surface area (Å²) < 4.78 is 9.98. The van der Waals surface area contributed by atoms with Gasteiger partial charge in [0.2, 0.25) is 11.5 Å². The average molecular weight is 376 g/mol. The van der Waals surface area contributed by atoms with Gasteiger partial charge in [-0.05, 0) is 29.8 Å². The molecule has 2 aromatic rings. The van der Waals surface area contributed by atoms with Crippen LogP contribution in [0.2, 0.25) is 0 Å². The molecule has 9 nitrogen and oxygen atoms in total. The number of ketones is 1. The highest BCUT2D eigenvalue weighted by Gasteiger charge is 2.25. The summed E-state index contributed by atoms with van der Waals surface area (Å²) in [5.41, 5.74) is -1.00. The highest BCUT2D eigenvalue weighted by molar-refractivity contribution is 6.15. The number of carboxylic acids is 1. The molecule has 0 atom stereocenters. The summed E-state index contributed by atoms with van der Waals surface area (Å²) in [6, 6.07) is 3.45. The van der Waals surface area contributed by atoms with Crippen LogP contribution < -0.4 is 9.47 Å². The third-order valence-corrected chi connectivity index (χ3v) is 3.66. The standard InChI is InChI=1S/C18H16O9/c1-26-12-5-8(6-13(27-2)16(12)22)3-4-10(19)14-9(18(24)25)7-11(20)15(21)17(14)23/h3-7,20-23H,1-2H3,(H,24,25)/b4-3+. The van der Waals surface area contributed by atoms with Crippen molar-refractivity contribution in [3.05, 3.63) is 41.0 Å². The van der Waals surface area contributed by atoms with Gasteiger partial charge in [-0.1, -0.05) is 6.08 Å². The third-order valence-electron chi connectivity index (χ3n) is 3.66. The summed E-state index contributed by atoms with van der Waals surface area (Å²) >= 11 is 0. The lowest BCUT2D eigenvalue weighted by atomic mass is 10.00. The number of carboxylic acid groups (broad SMARTS) is 1. The number of hydrogen-bond acceptors (Lipinski definition) is 8. The SMILES string of the molecule is COc1cc(/C=C/C(=O)c2c(C(=O)O)cc(O)c(O)c2O)cc(OC)c1O. The zero-order valence-corrected chi connectivity index (χ0v) is 14.3. The minimum Gasteiger partial charge on any atom is -0.504 e. The number of phenols is 4. The Labute approximate surface area is 153 Å². The predicted octanol–water partition coefficient (Wildman–Crippen LogP) is 2.12. The van der Waals surface area contributed by atoms with E-state index in [4.69, 9.17) is 14.6 Å². The summed E-state index contributed by atoms with van der Waals surface area (Å²) in [5, 5.41) is 47.9. The molecule has 0 amide bonds. The minimum absolute atomic E-state index is 0.0813. The third kappa shape index (κ3) is 3.71. The zero-order valence-electron chi connectivity index (χ0n) is 14.3. The number of allylic oxidation sites excluding steroid dienone is 1. The molecule has 0 aliphatic carbocycles. The molecular formula is C18H16O9. The molecule has 142 valence electrons. The number of benzene rings is 2. The first-order valence-electron chi connectivity index (χ1n) is 7.39. The molecule has 0 aliphatic heterocycles. The summed E-state index contributed by atoms with van der Waals surface area (Å²) in [7, 11) is 2.65. The van der Waals surface area contributed by atoms with Crippen molar-refractivity contribution in [2.24, 2.45) is 0 Å². The smallest absolute Gasteiger partial charge is 0.336 e. The molecule has 9 heteroatoms. The van der Waals surface area contributed by atoms with Gasteiger partial charge in [0.1, 0.15) is 0 Å². The Bertz CT molecular complexity index is 919. The normalized spacial score (nSPS) is 10.7. The molecule has 0 unspecified atom stereocenters. The predicted molar refractivity (Wildman–Crippen MR) is 93.0 cm³/mol. The van der Waals surface area contributed by atoms with Crippen LogP contribution in [0.1, 0.15) is 26.3 Å². The Kier molecular flexibility index (Phi) is 5.45. The largest absolute Gasteiger partial charge is 0.504 e. The van der Waals surface area contributed by atoms with Crippen LogP contribution in [-0.4, -0.2) is 51.5 Å². The van der Waals surface area contributed by atoms with Crippen molar-refractivity contribution in [3.63, 3.8) is 0 Å². The molecule has 0 aromatic heterocycles. The molecule has 0 spiro atoms. The van der Waals surface area contributed by atoms with E-state index in [9.17, 15) is 30.0 Å². The van der Waals surface area contributed by atoms with Gasteiger partial charge in [-0.25, -0.2) is 4.79 Å². The van der Waals surface area contributed by atoms with E-state index in [0.29, 0.717) is 11.6 Å². The van der Waals surface area contributed by atoms with Crippen molar-refractivity contribution in [1.82, 2.24) is 0 Å². The summed E-state index contributed by atoms with van der Waals surface area (Å²) in [6.07, 6.45) is 2.21. The lowest BCUT2D eigenvalue weighted by molar-refractivity contribution is 0.0691. The van der Waals surface area contributed by atoms with Crippen molar-refractivity contribution in [1.29, 1.82) is 0 Å². The number of hydrogen-bond donors (Lipinski definition) is 5. The Balaban J connectivity index is 2.50. The van der Waals surface area contributed by atoms with Crippen molar-refractivity contribution >= 4 is 17.8 Å². The van der Waals surface area contributed by atoms with E-state index in [-0.39, 0.29) is 17.2 Å². The zero-order chi connectivity index (χ0) is 20.3. The van der Waals surface area contributed by atoms with E-state index in [1.165, 1.54) is 32.4 Å². The van der Waals surface area contributed by atoms with Crippen LogP contribution >= 0.6 is 0 Å². The van der Waals surface area contributed by atoms with E-state index in [1.807, 2.05) is 0 Å². The molecule has 0 bridgehead atoms. The number of carbonyl (C=O) groups excluding carboxylic acids is 1. The fraction of sp³-hybridized carbons (Fsp3) is 0.111. The second-order valence-corrected chi connectivity index (χ2v) is 5.29. The van der Waals surface area contributed by atoms with E-state index >= 15 is 0 Å². The topological polar surface area (TPSA) is 154 Å². The van der Waals surface area contributed by atoms with Crippen LogP contribution in [0.5, 0.6) is 34.5 Å². The van der Waals surface area contributed by atoms with Crippen LogP contribution in [0, 0.1) is 0 Å². The number of phenolic OH excluding ortho intramolecular Hbond substituents is 4. The Morgan fingerprint density at radius 2 is 1.44 bits per heavy atom. The van der Waals surface area contributed by atoms with Gasteiger partial charge in [-0.3, -0.25) is 4.79 Å². The fourth-order valence-corrected chi connectivity index (χ4v) is 2.33. The van der Waals surface area contributed by atoms with Gasteiger partial charge in [-0.15, -0.1) is 0 Å². The highest BCUT2D eigenvalue weighted by Crippen LogP contribution is 2.40. The van der Waals surface area contributed by atoms with Crippen LogP contribution in [0.3, 0.4) is 0 Å². The van der Waals surface area contributed by atoms with Gasteiger partial charge in [0.15, 0.2) is 28.8 Å². The van der Waals surface area contributed by atoms with Gasteiger partial charge in [0, 0.05) is 0 Å². The van der Waals surface area contributed by atoms with E-state index in [0.717, 1.165) is 6.08 Å². The number of rotatable bonds is 6. The van der Waals surface area contributed by atoms with Crippen LogP contribution in [0.15, 0.2) is 24.3 Å². The van der Waals surface area contributed by atoms with Gasteiger partial charge in [-0.2, -0.15) is 0 Å². The van der Waals surface area contributed by atoms with E-state index in [2.05, 4.69) is 0 Å². The van der Waals surface area contributed by atoms with Crippen LogP contribution in [-0.2, 0) is 0 Å². The van der Waals surface area contributed by atoms with E-state index in [1.54, 1.807) is 0 Å². The van der Waals surface area contributed by atoms with Gasteiger partial charge < -0.3 is 35.0 Å². The molecule has 2 rings (SSSR count).